The molecule has 4 aromatic rings. The van der Waals surface area contributed by atoms with Crippen LogP contribution in [-0.2, 0) is 23.3 Å². The Morgan fingerprint density at radius 1 is 1.00 bits per heavy atom. The number of nitrogens with zero attached hydrogens (tertiary/aromatic N) is 4. The summed E-state index contributed by atoms with van der Waals surface area (Å²) in [6.07, 6.45) is 3.60. The number of hydrogen-bond donors (Lipinski definition) is 1. The number of pyridine rings is 1. The van der Waals surface area contributed by atoms with Crippen molar-refractivity contribution in [2.75, 3.05) is 42.3 Å². The fraction of sp³-hybridized carbons (Fsp3) is 0.290. The molecule has 198 valence electrons. The van der Waals surface area contributed by atoms with Crippen LogP contribution < -0.4 is 10.2 Å². The van der Waals surface area contributed by atoms with E-state index in [9.17, 15) is 4.79 Å². The van der Waals surface area contributed by atoms with Gasteiger partial charge in [-0.25, -0.2) is 9.97 Å². The van der Waals surface area contributed by atoms with Crippen molar-refractivity contribution in [3.05, 3.63) is 89.4 Å². The number of rotatable bonds is 6. The number of anilines is 2. The third-order valence-corrected chi connectivity index (χ3v) is 8.16. The fourth-order valence-corrected chi connectivity index (χ4v) is 5.97. The number of carbonyl (C=O) groups excluding carboxylic acids is 1. The molecule has 2 aromatic heterocycles. The first-order valence-corrected chi connectivity index (χ1v) is 14.6. The van der Waals surface area contributed by atoms with Crippen LogP contribution in [0.4, 0.5) is 11.5 Å². The lowest BCUT2D eigenvalue weighted by Gasteiger charge is -2.31. The van der Waals surface area contributed by atoms with E-state index in [1.165, 1.54) is 11.1 Å². The molecule has 0 aliphatic carbocycles. The van der Waals surface area contributed by atoms with Gasteiger partial charge in [0.25, 0.3) is 5.91 Å². The third kappa shape index (κ3) is 5.67. The van der Waals surface area contributed by atoms with E-state index < -0.39 is 0 Å². The number of thioether (sulfide) groups is 1. The zero-order valence-corrected chi connectivity index (χ0v) is 22.8. The quantitative estimate of drug-likeness (QED) is 0.341. The van der Waals surface area contributed by atoms with Crippen molar-refractivity contribution in [1.82, 2.24) is 15.0 Å². The van der Waals surface area contributed by atoms with Crippen LogP contribution in [0.3, 0.4) is 0 Å². The van der Waals surface area contributed by atoms with Crippen molar-refractivity contribution in [3.8, 4) is 22.5 Å². The SMILES string of the molecule is CCc1cccc(-c2ccnc(C(=O)Nc3ccc(-c4nc5c(c(N6CCOCC6)n4)CSCC5)cc3)c2)c1. The van der Waals surface area contributed by atoms with Crippen LogP contribution in [0.5, 0.6) is 0 Å². The Labute approximate surface area is 233 Å². The smallest absolute Gasteiger partial charge is 0.274 e. The highest BCUT2D eigenvalue weighted by atomic mass is 32.2. The van der Waals surface area contributed by atoms with Crippen LogP contribution in [-0.4, -0.2) is 52.9 Å². The number of carbonyl (C=O) groups is 1. The third-order valence-electron chi connectivity index (χ3n) is 7.17. The Kier molecular flexibility index (Phi) is 7.56. The van der Waals surface area contributed by atoms with E-state index in [2.05, 4.69) is 40.3 Å². The average molecular weight is 538 g/mol. The van der Waals surface area contributed by atoms with E-state index in [1.807, 2.05) is 54.2 Å². The van der Waals surface area contributed by atoms with Gasteiger partial charge in [-0.1, -0.05) is 31.2 Å². The number of aromatic nitrogens is 3. The highest BCUT2D eigenvalue weighted by molar-refractivity contribution is 7.98. The molecule has 0 bridgehead atoms. The van der Waals surface area contributed by atoms with Crippen LogP contribution in [0, 0.1) is 0 Å². The lowest BCUT2D eigenvalue weighted by atomic mass is 10.0. The fourth-order valence-electron chi connectivity index (χ4n) is 4.98. The van der Waals surface area contributed by atoms with Gasteiger partial charge in [-0.2, -0.15) is 11.8 Å². The van der Waals surface area contributed by atoms with E-state index >= 15 is 0 Å². The monoisotopic (exact) mass is 537 g/mol. The molecule has 1 N–H and O–H groups in total. The van der Waals surface area contributed by atoms with Crippen molar-refractivity contribution < 1.29 is 9.53 Å². The van der Waals surface area contributed by atoms with Crippen molar-refractivity contribution in [2.45, 2.75) is 25.5 Å². The van der Waals surface area contributed by atoms with Crippen molar-refractivity contribution in [1.29, 1.82) is 0 Å². The summed E-state index contributed by atoms with van der Waals surface area (Å²) in [5.74, 6) is 3.55. The summed E-state index contributed by atoms with van der Waals surface area (Å²) < 4.78 is 5.57. The number of hydrogen-bond acceptors (Lipinski definition) is 7. The molecule has 0 atom stereocenters. The first kappa shape index (κ1) is 25.5. The lowest BCUT2D eigenvalue weighted by molar-refractivity contribution is 0.102. The van der Waals surface area contributed by atoms with Gasteiger partial charge in [0.15, 0.2) is 5.82 Å². The van der Waals surface area contributed by atoms with Gasteiger partial charge in [0.1, 0.15) is 11.5 Å². The maximum Gasteiger partial charge on any atom is 0.274 e. The molecule has 2 aliphatic rings. The molecule has 2 aliphatic heterocycles. The highest BCUT2D eigenvalue weighted by Crippen LogP contribution is 2.33. The Morgan fingerprint density at radius 2 is 1.82 bits per heavy atom. The van der Waals surface area contributed by atoms with Gasteiger partial charge in [0, 0.05) is 41.9 Å². The van der Waals surface area contributed by atoms with Crippen LogP contribution in [0.25, 0.3) is 22.5 Å². The van der Waals surface area contributed by atoms with Crippen LogP contribution in [0.1, 0.15) is 34.2 Å². The molecule has 7 nitrogen and oxygen atoms in total. The van der Waals surface area contributed by atoms with E-state index in [0.717, 1.165) is 84.7 Å². The van der Waals surface area contributed by atoms with Gasteiger partial charge in [0.2, 0.25) is 0 Å². The van der Waals surface area contributed by atoms with Gasteiger partial charge in [-0.05, 0) is 71.7 Å². The summed E-state index contributed by atoms with van der Waals surface area (Å²) in [7, 11) is 0. The molecule has 8 heteroatoms. The Bertz CT molecular complexity index is 1490. The summed E-state index contributed by atoms with van der Waals surface area (Å²) >= 11 is 1.94. The Morgan fingerprint density at radius 3 is 2.64 bits per heavy atom. The molecule has 2 aromatic carbocycles. The van der Waals surface area contributed by atoms with Crippen molar-refractivity contribution >= 4 is 29.2 Å². The molecule has 0 spiro atoms. The minimum Gasteiger partial charge on any atom is -0.378 e. The number of fused-ring (bicyclic) bond motifs is 1. The van der Waals surface area contributed by atoms with Crippen LogP contribution >= 0.6 is 11.8 Å². The summed E-state index contributed by atoms with van der Waals surface area (Å²) in [6.45, 7) is 5.27. The number of morpholine rings is 1. The van der Waals surface area contributed by atoms with Gasteiger partial charge >= 0.3 is 0 Å². The van der Waals surface area contributed by atoms with Crippen molar-refractivity contribution in [2.24, 2.45) is 0 Å². The Balaban J connectivity index is 1.21. The maximum absolute atomic E-state index is 13.0. The molecule has 0 saturated carbocycles. The molecular weight excluding hydrogens is 506 g/mol. The van der Waals surface area contributed by atoms with Crippen molar-refractivity contribution in [3.63, 3.8) is 0 Å². The van der Waals surface area contributed by atoms with Gasteiger partial charge < -0.3 is 15.0 Å². The van der Waals surface area contributed by atoms with Gasteiger partial charge in [-0.15, -0.1) is 0 Å². The predicted octanol–water partition coefficient (Wildman–Crippen LogP) is 5.65. The molecule has 1 saturated heterocycles. The average Bonchev–Trinajstić information content (AvgIpc) is 3.01. The second-order valence-corrected chi connectivity index (χ2v) is 10.8. The maximum atomic E-state index is 13.0. The second kappa shape index (κ2) is 11.6. The number of amides is 1. The highest BCUT2D eigenvalue weighted by Gasteiger charge is 2.24. The van der Waals surface area contributed by atoms with Gasteiger partial charge in [0.05, 0.1) is 18.9 Å². The van der Waals surface area contributed by atoms with Crippen LogP contribution in [0.15, 0.2) is 66.9 Å². The first-order valence-electron chi connectivity index (χ1n) is 13.5. The molecule has 39 heavy (non-hydrogen) atoms. The molecule has 1 fully saturated rings. The minimum absolute atomic E-state index is 0.242. The lowest BCUT2D eigenvalue weighted by Crippen LogP contribution is -2.38. The molecule has 6 rings (SSSR count). The van der Waals surface area contributed by atoms with E-state index in [-0.39, 0.29) is 5.91 Å². The molecule has 0 radical (unpaired) electrons. The minimum atomic E-state index is -0.242. The summed E-state index contributed by atoms with van der Waals surface area (Å²) in [5.41, 5.74) is 7.73. The number of aryl methyl sites for hydroxylation is 2. The van der Waals surface area contributed by atoms with Gasteiger partial charge in [-0.3, -0.25) is 9.78 Å². The standard InChI is InChI=1S/C31H31N5O2S/c1-2-21-4-3-5-23(18-21)24-10-12-32-28(19-24)31(37)33-25-8-6-22(7-9-25)29-34-27-11-17-39-20-26(27)30(35-29)36-13-15-38-16-14-36/h3-10,12,18-19H,2,11,13-17,20H2,1H3,(H,33,37). The van der Waals surface area contributed by atoms with Crippen LogP contribution in [0.2, 0.25) is 0 Å². The number of nitrogens with one attached hydrogen (secondary N) is 1. The summed E-state index contributed by atoms with van der Waals surface area (Å²) in [4.78, 5) is 29.6. The Hall–Kier alpha value is -3.75. The van der Waals surface area contributed by atoms with E-state index in [1.54, 1.807) is 6.20 Å². The molecule has 0 unspecified atom stereocenters. The predicted molar refractivity (Wildman–Crippen MR) is 157 cm³/mol. The number of ether oxygens (including phenoxy) is 1. The second-order valence-electron chi connectivity index (χ2n) is 9.71. The zero-order chi connectivity index (χ0) is 26.6. The topological polar surface area (TPSA) is 80.2 Å². The number of benzene rings is 2. The molecule has 1 amide bonds. The normalized spacial score (nSPS) is 15.1. The molecular formula is C31H31N5O2S. The first-order chi connectivity index (χ1) is 19.2. The molecule has 4 heterocycles. The van der Waals surface area contributed by atoms with E-state index in [0.29, 0.717) is 11.4 Å². The summed E-state index contributed by atoms with van der Waals surface area (Å²) in [6, 6.07) is 19.9. The van der Waals surface area contributed by atoms with E-state index in [4.69, 9.17) is 14.7 Å². The summed E-state index contributed by atoms with van der Waals surface area (Å²) in [5, 5.41) is 2.98. The largest absolute Gasteiger partial charge is 0.378 e. The zero-order valence-electron chi connectivity index (χ0n) is 22.0.